The Labute approximate surface area is 163 Å². The van der Waals surface area contributed by atoms with Crippen LogP contribution < -0.4 is 10.6 Å². The number of ether oxygens (including phenoxy) is 1. The molecule has 1 atom stereocenters. The molecule has 0 saturated carbocycles. The van der Waals surface area contributed by atoms with Crippen molar-refractivity contribution in [3.05, 3.63) is 65.5 Å². The van der Waals surface area contributed by atoms with Crippen LogP contribution in [-0.4, -0.2) is 49.6 Å². The minimum absolute atomic E-state index is 0.0769. The van der Waals surface area contributed by atoms with Crippen molar-refractivity contribution >= 4 is 17.5 Å². The van der Waals surface area contributed by atoms with Crippen LogP contribution >= 0.6 is 0 Å². The van der Waals surface area contributed by atoms with Gasteiger partial charge in [-0.05, 0) is 35.9 Å². The average Bonchev–Trinajstić information content (AvgIpc) is 2.70. The summed E-state index contributed by atoms with van der Waals surface area (Å²) in [4.78, 5) is 26.1. The SMILES string of the molecule is CC(=O)Nc1cccc(C(=O)NCC(c2ccc(F)cc2)N2CCOCC2)c1. The molecule has 2 aromatic rings. The molecule has 0 bridgehead atoms. The van der Waals surface area contributed by atoms with Gasteiger partial charge in [0.25, 0.3) is 5.91 Å². The molecule has 6 nitrogen and oxygen atoms in total. The van der Waals surface area contributed by atoms with E-state index in [-0.39, 0.29) is 23.7 Å². The lowest BCUT2D eigenvalue weighted by Gasteiger charge is -2.35. The zero-order valence-electron chi connectivity index (χ0n) is 15.8. The summed E-state index contributed by atoms with van der Waals surface area (Å²) in [7, 11) is 0. The Morgan fingerprint density at radius 3 is 2.54 bits per heavy atom. The van der Waals surface area contributed by atoms with Crippen LogP contribution in [0.2, 0.25) is 0 Å². The smallest absolute Gasteiger partial charge is 0.251 e. The van der Waals surface area contributed by atoms with E-state index in [2.05, 4.69) is 15.5 Å². The highest BCUT2D eigenvalue weighted by molar-refractivity contribution is 5.96. The van der Waals surface area contributed by atoms with E-state index in [0.29, 0.717) is 31.0 Å². The second-order valence-electron chi connectivity index (χ2n) is 6.69. The van der Waals surface area contributed by atoms with E-state index in [0.717, 1.165) is 18.7 Å². The summed E-state index contributed by atoms with van der Waals surface area (Å²) in [5, 5.41) is 5.63. The van der Waals surface area contributed by atoms with Crippen molar-refractivity contribution in [3.63, 3.8) is 0 Å². The van der Waals surface area contributed by atoms with Gasteiger partial charge in [0.2, 0.25) is 5.91 Å². The van der Waals surface area contributed by atoms with Gasteiger partial charge in [-0.25, -0.2) is 4.39 Å². The monoisotopic (exact) mass is 385 g/mol. The first-order valence-corrected chi connectivity index (χ1v) is 9.26. The number of carbonyl (C=O) groups excluding carboxylic acids is 2. The second-order valence-corrected chi connectivity index (χ2v) is 6.69. The standard InChI is InChI=1S/C21H24FN3O3/c1-15(26)24-19-4-2-3-17(13-19)21(27)23-14-20(25-9-11-28-12-10-25)16-5-7-18(22)8-6-16/h2-8,13,20H,9-12,14H2,1H3,(H,23,27)(H,24,26). The van der Waals surface area contributed by atoms with Crippen LogP contribution in [0, 0.1) is 5.82 Å². The lowest BCUT2D eigenvalue weighted by molar-refractivity contribution is -0.114. The van der Waals surface area contributed by atoms with E-state index in [9.17, 15) is 14.0 Å². The first-order chi connectivity index (χ1) is 13.5. The molecule has 148 valence electrons. The molecule has 0 aliphatic carbocycles. The first kappa shape index (κ1) is 20.0. The topological polar surface area (TPSA) is 70.7 Å². The van der Waals surface area contributed by atoms with Gasteiger partial charge in [-0.15, -0.1) is 0 Å². The molecule has 1 aliphatic rings. The summed E-state index contributed by atoms with van der Waals surface area (Å²) in [5.41, 5.74) is 1.98. The van der Waals surface area contributed by atoms with Gasteiger partial charge in [0.1, 0.15) is 5.82 Å². The van der Waals surface area contributed by atoms with Crippen molar-refractivity contribution in [3.8, 4) is 0 Å². The molecule has 28 heavy (non-hydrogen) atoms. The van der Waals surface area contributed by atoms with E-state index in [1.54, 1.807) is 36.4 Å². The van der Waals surface area contributed by atoms with Crippen LogP contribution in [-0.2, 0) is 9.53 Å². The maximum Gasteiger partial charge on any atom is 0.251 e. The average molecular weight is 385 g/mol. The predicted molar refractivity (Wildman–Crippen MR) is 105 cm³/mol. The van der Waals surface area contributed by atoms with Gasteiger partial charge in [-0.2, -0.15) is 0 Å². The Hall–Kier alpha value is -2.77. The van der Waals surface area contributed by atoms with Crippen LogP contribution in [0.4, 0.5) is 10.1 Å². The highest BCUT2D eigenvalue weighted by Crippen LogP contribution is 2.22. The Morgan fingerprint density at radius 2 is 1.86 bits per heavy atom. The number of rotatable bonds is 6. The van der Waals surface area contributed by atoms with Crippen LogP contribution in [0.5, 0.6) is 0 Å². The predicted octanol–water partition coefficient (Wildman–Crippen LogP) is 2.59. The summed E-state index contributed by atoms with van der Waals surface area (Å²) in [6, 6.07) is 13.1. The van der Waals surface area contributed by atoms with Crippen LogP contribution in [0.3, 0.4) is 0 Å². The minimum Gasteiger partial charge on any atom is -0.379 e. The van der Waals surface area contributed by atoms with E-state index in [1.165, 1.54) is 19.1 Å². The van der Waals surface area contributed by atoms with Gasteiger partial charge in [0.15, 0.2) is 0 Å². The molecule has 0 radical (unpaired) electrons. The molecular weight excluding hydrogens is 361 g/mol. The summed E-state index contributed by atoms with van der Waals surface area (Å²) in [6.45, 7) is 4.55. The lowest BCUT2D eigenvalue weighted by atomic mass is 10.0. The molecule has 1 fully saturated rings. The number of morpholine rings is 1. The number of nitrogens with zero attached hydrogens (tertiary/aromatic N) is 1. The summed E-state index contributed by atoms with van der Waals surface area (Å²) < 4.78 is 18.7. The molecule has 1 heterocycles. The molecule has 0 aromatic heterocycles. The van der Waals surface area contributed by atoms with Gasteiger partial charge in [-0.1, -0.05) is 18.2 Å². The number of amides is 2. The first-order valence-electron chi connectivity index (χ1n) is 9.26. The number of hydrogen-bond acceptors (Lipinski definition) is 4. The molecule has 2 aromatic carbocycles. The van der Waals surface area contributed by atoms with Crippen LogP contribution in [0.15, 0.2) is 48.5 Å². The maximum absolute atomic E-state index is 13.3. The number of anilines is 1. The van der Waals surface area contributed by atoms with Gasteiger partial charge >= 0.3 is 0 Å². The van der Waals surface area contributed by atoms with Gasteiger partial charge < -0.3 is 15.4 Å². The Kier molecular flexibility index (Phi) is 6.73. The van der Waals surface area contributed by atoms with Gasteiger partial charge in [0.05, 0.1) is 19.3 Å². The Morgan fingerprint density at radius 1 is 1.14 bits per heavy atom. The van der Waals surface area contributed by atoms with Crippen molar-refractivity contribution in [2.45, 2.75) is 13.0 Å². The van der Waals surface area contributed by atoms with Gasteiger partial charge in [0, 0.05) is 37.8 Å². The molecule has 2 amide bonds. The lowest BCUT2D eigenvalue weighted by Crippen LogP contribution is -2.43. The van der Waals surface area contributed by atoms with E-state index in [4.69, 9.17) is 4.74 Å². The van der Waals surface area contributed by atoms with E-state index in [1.807, 2.05) is 0 Å². The second kappa shape index (κ2) is 9.43. The van der Waals surface area contributed by atoms with Crippen molar-refractivity contribution in [1.29, 1.82) is 0 Å². The molecule has 1 aliphatic heterocycles. The van der Waals surface area contributed by atoms with Crippen molar-refractivity contribution in [1.82, 2.24) is 10.2 Å². The molecule has 7 heteroatoms. The van der Waals surface area contributed by atoms with Crippen molar-refractivity contribution in [2.24, 2.45) is 0 Å². The number of halogens is 1. The largest absolute Gasteiger partial charge is 0.379 e. The minimum atomic E-state index is -0.289. The van der Waals surface area contributed by atoms with Crippen LogP contribution in [0.25, 0.3) is 0 Å². The Bertz CT molecular complexity index is 820. The third-order valence-electron chi connectivity index (χ3n) is 4.64. The fourth-order valence-corrected chi connectivity index (χ4v) is 3.26. The molecule has 3 rings (SSSR count). The zero-order chi connectivity index (χ0) is 19.9. The third-order valence-corrected chi connectivity index (χ3v) is 4.64. The quantitative estimate of drug-likeness (QED) is 0.802. The number of hydrogen-bond donors (Lipinski definition) is 2. The molecule has 1 saturated heterocycles. The fourth-order valence-electron chi connectivity index (χ4n) is 3.26. The van der Waals surface area contributed by atoms with Crippen molar-refractivity contribution in [2.75, 3.05) is 38.2 Å². The summed E-state index contributed by atoms with van der Waals surface area (Å²) >= 11 is 0. The van der Waals surface area contributed by atoms with Crippen molar-refractivity contribution < 1.29 is 18.7 Å². The van der Waals surface area contributed by atoms with Gasteiger partial charge in [-0.3, -0.25) is 14.5 Å². The number of nitrogens with one attached hydrogen (secondary N) is 2. The van der Waals surface area contributed by atoms with E-state index < -0.39 is 0 Å². The molecule has 2 N–H and O–H groups in total. The Balaban J connectivity index is 1.71. The number of benzene rings is 2. The normalized spacial score (nSPS) is 15.6. The van der Waals surface area contributed by atoms with E-state index >= 15 is 0 Å². The highest BCUT2D eigenvalue weighted by Gasteiger charge is 2.23. The van der Waals surface area contributed by atoms with Crippen LogP contribution in [0.1, 0.15) is 28.9 Å². The molecule has 0 spiro atoms. The number of carbonyl (C=O) groups is 2. The third kappa shape index (κ3) is 5.37. The molecular formula is C21H24FN3O3. The fraction of sp³-hybridized carbons (Fsp3) is 0.333. The zero-order valence-corrected chi connectivity index (χ0v) is 15.8. The summed E-state index contributed by atoms with van der Waals surface area (Å²) in [5.74, 6) is -0.711. The highest BCUT2D eigenvalue weighted by atomic mass is 19.1. The maximum atomic E-state index is 13.3. The summed E-state index contributed by atoms with van der Waals surface area (Å²) in [6.07, 6.45) is 0. The molecule has 1 unspecified atom stereocenters.